The fraction of sp³-hybridized carbons (Fsp3) is 0.538. The molecule has 0 spiro atoms. The maximum atomic E-state index is 5.33. The van der Waals surface area contributed by atoms with Gasteiger partial charge in [0.15, 0.2) is 0 Å². The number of halogens is 2. The second kappa shape index (κ2) is 6.26. The topological polar surface area (TPSA) is 24.5 Å². The lowest BCUT2D eigenvalue weighted by atomic mass is 10.1. The summed E-state index contributed by atoms with van der Waals surface area (Å²) in [5.74, 6) is 0.855. The summed E-state index contributed by atoms with van der Waals surface area (Å²) in [7, 11) is 3.86. The molecule has 1 N–H and O–H groups in total. The molecule has 5 heteroatoms. The molecule has 1 aromatic carbocycles. The van der Waals surface area contributed by atoms with E-state index in [2.05, 4.69) is 49.1 Å². The van der Waals surface area contributed by atoms with Crippen LogP contribution in [0.25, 0.3) is 0 Å². The molecule has 0 saturated carbocycles. The van der Waals surface area contributed by atoms with Crippen LogP contribution in [0.4, 0.5) is 5.69 Å². The average Bonchev–Trinajstić information content (AvgIpc) is 2.35. The summed E-state index contributed by atoms with van der Waals surface area (Å²) in [6.07, 6.45) is 2.36. The number of nitrogens with zero attached hydrogens (tertiary/aromatic N) is 1. The van der Waals surface area contributed by atoms with Gasteiger partial charge in [-0.05, 0) is 70.9 Å². The van der Waals surface area contributed by atoms with Crippen LogP contribution >= 0.6 is 31.9 Å². The number of hydrogen-bond donors (Lipinski definition) is 1. The fourth-order valence-corrected chi connectivity index (χ4v) is 3.44. The van der Waals surface area contributed by atoms with E-state index in [-0.39, 0.29) is 0 Å². The molecular weight excluding hydrogens is 360 g/mol. The highest BCUT2D eigenvalue weighted by molar-refractivity contribution is 9.11. The molecule has 0 radical (unpaired) electrons. The molecular formula is C13H18Br2N2O. The van der Waals surface area contributed by atoms with Crippen molar-refractivity contribution in [3.63, 3.8) is 0 Å². The van der Waals surface area contributed by atoms with Gasteiger partial charge in [-0.25, -0.2) is 0 Å². The van der Waals surface area contributed by atoms with Gasteiger partial charge in [-0.1, -0.05) is 0 Å². The lowest BCUT2D eigenvalue weighted by Crippen LogP contribution is -2.36. The van der Waals surface area contributed by atoms with Gasteiger partial charge in [-0.3, -0.25) is 0 Å². The number of methoxy groups -OCH3 is 1. The number of rotatable bonds is 3. The van der Waals surface area contributed by atoms with Crippen LogP contribution in [0, 0.1) is 0 Å². The van der Waals surface area contributed by atoms with Gasteiger partial charge in [-0.15, -0.1) is 0 Å². The summed E-state index contributed by atoms with van der Waals surface area (Å²) in [5.41, 5.74) is 1.10. The summed E-state index contributed by atoms with van der Waals surface area (Å²) >= 11 is 7.08. The lowest BCUT2D eigenvalue weighted by Gasteiger charge is -2.30. The van der Waals surface area contributed by atoms with Crippen LogP contribution in [0.2, 0.25) is 0 Å². The van der Waals surface area contributed by atoms with E-state index in [4.69, 9.17) is 4.74 Å². The van der Waals surface area contributed by atoms with E-state index in [0.29, 0.717) is 6.04 Å². The molecule has 100 valence electrons. The van der Waals surface area contributed by atoms with Crippen molar-refractivity contribution in [2.45, 2.75) is 18.9 Å². The number of nitrogens with one attached hydrogen (secondary N) is 1. The Kier molecular flexibility index (Phi) is 4.92. The Bertz CT molecular complexity index is 418. The highest BCUT2D eigenvalue weighted by Gasteiger charge is 2.17. The summed E-state index contributed by atoms with van der Waals surface area (Å²) in [6.45, 7) is 2.31. The molecule has 0 amide bonds. The Labute approximate surface area is 125 Å². The van der Waals surface area contributed by atoms with Crippen molar-refractivity contribution >= 4 is 37.5 Å². The molecule has 1 heterocycles. The molecule has 0 bridgehead atoms. The third kappa shape index (κ3) is 3.39. The van der Waals surface area contributed by atoms with Gasteiger partial charge in [0.1, 0.15) is 5.75 Å². The van der Waals surface area contributed by atoms with Gasteiger partial charge in [0.25, 0.3) is 0 Å². The first-order chi connectivity index (χ1) is 8.60. The Morgan fingerprint density at radius 1 is 1.22 bits per heavy atom. The minimum atomic E-state index is 0.545. The van der Waals surface area contributed by atoms with Crippen LogP contribution in [-0.4, -0.2) is 38.2 Å². The van der Waals surface area contributed by atoms with Crippen molar-refractivity contribution in [3.05, 3.63) is 21.1 Å². The minimum absolute atomic E-state index is 0.545. The van der Waals surface area contributed by atoms with Crippen LogP contribution in [0.1, 0.15) is 12.8 Å². The van der Waals surface area contributed by atoms with Crippen LogP contribution in [0.5, 0.6) is 5.75 Å². The molecule has 1 fully saturated rings. The Hall–Kier alpha value is -0.260. The minimum Gasteiger partial charge on any atom is -0.495 e. The van der Waals surface area contributed by atoms with Crippen molar-refractivity contribution in [1.82, 2.24) is 4.90 Å². The standard InChI is InChI=1S/C13H18Br2N2O/c1-17-5-3-9(4-6-17)16-12-8-13(18-2)11(15)7-10(12)14/h7-9,16H,3-6H2,1-2H3. The zero-order valence-corrected chi connectivity index (χ0v) is 13.8. The van der Waals surface area contributed by atoms with Crippen molar-refractivity contribution in [2.24, 2.45) is 0 Å². The van der Waals surface area contributed by atoms with Crippen LogP contribution in [-0.2, 0) is 0 Å². The average molecular weight is 378 g/mol. The SMILES string of the molecule is COc1cc(NC2CCN(C)CC2)c(Br)cc1Br. The molecule has 0 unspecified atom stereocenters. The number of likely N-dealkylation sites (tertiary alicyclic amines) is 1. The number of hydrogen-bond acceptors (Lipinski definition) is 3. The molecule has 1 aromatic rings. The largest absolute Gasteiger partial charge is 0.495 e. The maximum Gasteiger partial charge on any atom is 0.135 e. The van der Waals surface area contributed by atoms with E-state index >= 15 is 0 Å². The Balaban J connectivity index is 2.09. The smallest absolute Gasteiger partial charge is 0.135 e. The van der Waals surface area contributed by atoms with Gasteiger partial charge in [0.05, 0.1) is 17.3 Å². The summed E-state index contributed by atoms with van der Waals surface area (Å²) in [6, 6.07) is 4.60. The first-order valence-corrected chi connectivity index (χ1v) is 7.67. The Morgan fingerprint density at radius 2 is 1.89 bits per heavy atom. The van der Waals surface area contributed by atoms with Gasteiger partial charge in [0, 0.05) is 16.6 Å². The number of piperidine rings is 1. The third-order valence-corrected chi connectivity index (χ3v) is 4.60. The quantitative estimate of drug-likeness (QED) is 0.868. The maximum absolute atomic E-state index is 5.33. The molecule has 3 nitrogen and oxygen atoms in total. The summed E-state index contributed by atoms with van der Waals surface area (Å²) in [4.78, 5) is 2.37. The van der Waals surface area contributed by atoms with Crippen LogP contribution in [0.15, 0.2) is 21.1 Å². The first-order valence-electron chi connectivity index (χ1n) is 6.08. The lowest BCUT2D eigenvalue weighted by molar-refractivity contribution is 0.264. The first kappa shape index (κ1) is 14.2. The second-order valence-corrected chi connectivity index (χ2v) is 6.40. The van der Waals surface area contributed by atoms with Crippen LogP contribution < -0.4 is 10.1 Å². The highest BCUT2D eigenvalue weighted by Crippen LogP contribution is 2.35. The molecule has 18 heavy (non-hydrogen) atoms. The van der Waals surface area contributed by atoms with E-state index in [1.807, 2.05) is 12.1 Å². The van der Waals surface area contributed by atoms with E-state index < -0.39 is 0 Å². The molecule has 0 aromatic heterocycles. The number of anilines is 1. The Morgan fingerprint density at radius 3 is 2.50 bits per heavy atom. The zero-order chi connectivity index (χ0) is 13.1. The normalized spacial score (nSPS) is 17.8. The fourth-order valence-electron chi connectivity index (χ4n) is 2.17. The van der Waals surface area contributed by atoms with Crippen molar-refractivity contribution in [2.75, 3.05) is 32.6 Å². The summed E-state index contributed by atoms with van der Waals surface area (Å²) < 4.78 is 7.36. The van der Waals surface area contributed by atoms with Crippen molar-refractivity contribution in [1.29, 1.82) is 0 Å². The highest BCUT2D eigenvalue weighted by atomic mass is 79.9. The molecule has 0 aliphatic carbocycles. The van der Waals surface area contributed by atoms with E-state index in [1.165, 1.54) is 12.8 Å². The predicted octanol–water partition coefficient (Wildman–Crippen LogP) is 3.73. The summed E-state index contributed by atoms with van der Waals surface area (Å²) in [5, 5.41) is 3.60. The van der Waals surface area contributed by atoms with Gasteiger partial charge >= 0.3 is 0 Å². The molecule has 2 rings (SSSR count). The zero-order valence-electron chi connectivity index (χ0n) is 10.7. The van der Waals surface area contributed by atoms with Crippen LogP contribution in [0.3, 0.4) is 0 Å². The van der Waals surface area contributed by atoms with E-state index in [1.54, 1.807) is 7.11 Å². The molecule has 0 atom stereocenters. The molecule has 1 saturated heterocycles. The number of benzene rings is 1. The number of ether oxygens (including phenoxy) is 1. The molecule has 1 aliphatic rings. The third-order valence-electron chi connectivity index (χ3n) is 3.32. The van der Waals surface area contributed by atoms with Gasteiger partial charge in [-0.2, -0.15) is 0 Å². The van der Waals surface area contributed by atoms with Gasteiger partial charge < -0.3 is 15.0 Å². The second-order valence-electron chi connectivity index (χ2n) is 4.69. The van der Waals surface area contributed by atoms with Crippen molar-refractivity contribution in [3.8, 4) is 5.75 Å². The van der Waals surface area contributed by atoms with E-state index in [0.717, 1.165) is 33.5 Å². The monoisotopic (exact) mass is 376 g/mol. The van der Waals surface area contributed by atoms with Gasteiger partial charge in [0.2, 0.25) is 0 Å². The molecule has 1 aliphatic heterocycles. The van der Waals surface area contributed by atoms with Crippen molar-refractivity contribution < 1.29 is 4.74 Å². The van der Waals surface area contributed by atoms with E-state index in [9.17, 15) is 0 Å². The predicted molar refractivity (Wildman–Crippen MR) is 82.5 cm³/mol.